The molecular weight excluding hydrogens is 176 g/mol. The minimum Gasteiger partial charge on any atom is -0.478 e. The zero-order valence-electron chi connectivity index (χ0n) is 9.29. The van der Waals surface area contributed by atoms with Crippen LogP contribution < -0.4 is 0 Å². The molecule has 0 spiro atoms. The molecule has 0 amide bonds. The highest BCUT2D eigenvalue weighted by atomic mass is 16.4. The summed E-state index contributed by atoms with van der Waals surface area (Å²) in [6.07, 6.45) is 6.87. The first-order valence-corrected chi connectivity index (χ1v) is 5.34. The van der Waals surface area contributed by atoms with E-state index in [9.17, 15) is 4.79 Å². The Morgan fingerprint density at radius 2 is 2.14 bits per heavy atom. The molecule has 1 aliphatic rings. The van der Waals surface area contributed by atoms with Gasteiger partial charge in [-0.05, 0) is 23.7 Å². The molecule has 80 valence electrons. The second-order valence-corrected chi connectivity index (χ2v) is 5.08. The smallest absolute Gasteiger partial charge is 0.327 e. The van der Waals surface area contributed by atoms with Crippen LogP contribution in [0.4, 0.5) is 0 Å². The molecule has 1 aliphatic carbocycles. The molecule has 1 saturated carbocycles. The molecule has 1 rings (SSSR count). The fourth-order valence-corrected chi connectivity index (χ4v) is 2.63. The van der Waals surface area contributed by atoms with Gasteiger partial charge in [-0.1, -0.05) is 39.7 Å². The Labute approximate surface area is 86.0 Å². The number of hydrogen-bond acceptors (Lipinski definition) is 1. The van der Waals surface area contributed by atoms with Gasteiger partial charge >= 0.3 is 5.97 Å². The van der Waals surface area contributed by atoms with E-state index in [1.54, 1.807) is 0 Å². The van der Waals surface area contributed by atoms with Crippen LogP contribution in [0.5, 0.6) is 0 Å². The van der Waals surface area contributed by atoms with Crippen molar-refractivity contribution in [3.05, 3.63) is 12.2 Å². The average molecular weight is 196 g/mol. The fourth-order valence-electron chi connectivity index (χ4n) is 2.63. The summed E-state index contributed by atoms with van der Waals surface area (Å²) >= 11 is 0. The van der Waals surface area contributed by atoms with E-state index >= 15 is 0 Å². The summed E-state index contributed by atoms with van der Waals surface area (Å²) in [5, 5.41) is 8.61. The molecule has 0 radical (unpaired) electrons. The fraction of sp³-hybridized carbons (Fsp3) is 0.750. The first-order valence-electron chi connectivity index (χ1n) is 5.34. The third kappa shape index (κ3) is 2.60. The third-order valence-electron chi connectivity index (χ3n) is 3.44. The minimum absolute atomic E-state index is 0.254. The highest BCUT2D eigenvalue weighted by Gasteiger charge is 2.34. The van der Waals surface area contributed by atoms with Gasteiger partial charge in [-0.15, -0.1) is 0 Å². The lowest BCUT2D eigenvalue weighted by atomic mass is 9.64. The van der Waals surface area contributed by atoms with Crippen LogP contribution in [0, 0.1) is 17.3 Å². The van der Waals surface area contributed by atoms with E-state index in [0.29, 0.717) is 11.8 Å². The van der Waals surface area contributed by atoms with Crippen molar-refractivity contribution in [1.82, 2.24) is 0 Å². The molecule has 0 aromatic carbocycles. The molecule has 0 aromatic heterocycles. The number of carboxylic acids is 1. The molecule has 1 fully saturated rings. The molecule has 0 unspecified atom stereocenters. The number of rotatable bonds is 2. The predicted molar refractivity (Wildman–Crippen MR) is 57.1 cm³/mol. The maximum absolute atomic E-state index is 10.5. The number of allylic oxidation sites excluding steroid dienone is 1. The molecular formula is C12H20O2. The van der Waals surface area contributed by atoms with E-state index in [-0.39, 0.29) is 5.41 Å². The van der Waals surface area contributed by atoms with Crippen LogP contribution in [-0.2, 0) is 4.79 Å². The van der Waals surface area contributed by atoms with Gasteiger partial charge in [0.15, 0.2) is 0 Å². The van der Waals surface area contributed by atoms with E-state index in [1.165, 1.54) is 25.3 Å². The Bertz CT molecular complexity index is 241. The van der Waals surface area contributed by atoms with Crippen molar-refractivity contribution < 1.29 is 9.90 Å². The van der Waals surface area contributed by atoms with E-state index in [1.807, 2.05) is 6.08 Å². The molecule has 0 saturated heterocycles. The minimum atomic E-state index is -0.835. The predicted octanol–water partition coefficient (Wildman–Crippen LogP) is 3.09. The lowest BCUT2D eigenvalue weighted by Crippen LogP contribution is -2.32. The van der Waals surface area contributed by atoms with Gasteiger partial charge in [-0.3, -0.25) is 0 Å². The molecule has 0 aromatic rings. The molecule has 0 bridgehead atoms. The summed E-state index contributed by atoms with van der Waals surface area (Å²) < 4.78 is 0. The van der Waals surface area contributed by atoms with Gasteiger partial charge in [0.2, 0.25) is 0 Å². The highest BCUT2D eigenvalue weighted by Crippen LogP contribution is 2.44. The van der Waals surface area contributed by atoms with Crippen molar-refractivity contribution in [3.8, 4) is 0 Å². The van der Waals surface area contributed by atoms with Crippen LogP contribution in [0.15, 0.2) is 12.2 Å². The quantitative estimate of drug-likeness (QED) is 0.689. The zero-order chi connectivity index (χ0) is 10.8. The van der Waals surface area contributed by atoms with Crippen molar-refractivity contribution in [2.45, 2.75) is 40.0 Å². The summed E-state index contributed by atoms with van der Waals surface area (Å²) in [6, 6.07) is 0. The number of aliphatic carboxylic acids is 1. The summed E-state index contributed by atoms with van der Waals surface area (Å²) in [5.74, 6) is 0.181. The van der Waals surface area contributed by atoms with Gasteiger partial charge < -0.3 is 5.11 Å². The second kappa shape index (κ2) is 4.16. The lowest BCUT2D eigenvalue weighted by molar-refractivity contribution is -0.131. The highest BCUT2D eigenvalue weighted by molar-refractivity contribution is 5.79. The van der Waals surface area contributed by atoms with E-state index < -0.39 is 5.97 Å². The normalized spacial score (nSPS) is 31.9. The Morgan fingerprint density at radius 1 is 1.50 bits per heavy atom. The monoisotopic (exact) mass is 196 g/mol. The van der Waals surface area contributed by atoms with Gasteiger partial charge in [0.1, 0.15) is 0 Å². The van der Waals surface area contributed by atoms with Crippen LogP contribution in [0.2, 0.25) is 0 Å². The summed E-state index contributed by atoms with van der Waals surface area (Å²) in [7, 11) is 0. The first kappa shape index (κ1) is 11.3. The molecule has 0 heterocycles. The zero-order valence-corrected chi connectivity index (χ0v) is 9.29. The molecule has 1 N–H and O–H groups in total. The summed E-state index contributed by atoms with van der Waals surface area (Å²) in [4.78, 5) is 10.5. The van der Waals surface area contributed by atoms with Gasteiger partial charge in [-0.2, -0.15) is 0 Å². The molecule has 2 heteroatoms. The van der Waals surface area contributed by atoms with Crippen molar-refractivity contribution in [2.24, 2.45) is 17.3 Å². The Morgan fingerprint density at radius 3 is 2.64 bits per heavy atom. The van der Waals surface area contributed by atoms with Crippen LogP contribution >= 0.6 is 0 Å². The molecule has 2 atom stereocenters. The van der Waals surface area contributed by atoms with Crippen LogP contribution in [0.3, 0.4) is 0 Å². The van der Waals surface area contributed by atoms with Crippen LogP contribution in [0.1, 0.15) is 40.0 Å². The number of carbonyl (C=O) groups is 1. The van der Waals surface area contributed by atoms with Crippen LogP contribution in [0.25, 0.3) is 0 Å². The van der Waals surface area contributed by atoms with Crippen molar-refractivity contribution in [3.63, 3.8) is 0 Å². The molecule has 14 heavy (non-hydrogen) atoms. The van der Waals surface area contributed by atoms with Gasteiger partial charge in [-0.25, -0.2) is 4.79 Å². The van der Waals surface area contributed by atoms with E-state index in [0.717, 1.165) is 0 Å². The maximum atomic E-state index is 10.5. The molecule has 2 nitrogen and oxygen atoms in total. The first-order chi connectivity index (χ1) is 6.43. The number of hydrogen-bond donors (Lipinski definition) is 1. The van der Waals surface area contributed by atoms with Gasteiger partial charge in [0.05, 0.1) is 0 Å². The Kier molecular flexibility index (Phi) is 3.35. The second-order valence-electron chi connectivity index (χ2n) is 5.08. The summed E-state index contributed by atoms with van der Waals surface area (Å²) in [5.41, 5.74) is 0.254. The lowest BCUT2D eigenvalue weighted by Gasteiger charge is -2.41. The van der Waals surface area contributed by atoms with Gasteiger partial charge in [0.25, 0.3) is 0 Å². The maximum Gasteiger partial charge on any atom is 0.327 e. The summed E-state index contributed by atoms with van der Waals surface area (Å²) in [6.45, 7) is 6.69. The third-order valence-corrected chi connectivity index (χ3v) is 3.44. The standard InChI is InChI=1S/C12H20O2/c1-9-5-4-8-12(2,3)10(9)6-7-11(13)14/h6-7,9-10H,4-5,8H2,1-3H3,(H,13,14)/b7-6+/t9-,10+/m0/s1. The van der Waals surface area contributed by atoms with Crippen molar-refractivity contribution >= 4 is 5.97 Å². The molecule has 0 aliphatic heterocycles. The van der Waals surface area contributed by atoms with Crippen LogP contribution in [-0.4, -0.2) is 11.1 Å². The average Bonchev–Trinajstić information content (AvgIpc) is 2.01. The van der Waals surface area contributed by atoms with E-state index in [4.69, 9.17) is 5.11 Å². The SMILES string of the molecule is C[C@H]1CCCC(C)(C)[C@@H]1/C=C/C(=O)O. The number of carboxylic acid groups (broad SMARTS) is 1. The van der Waals surface area contributed by atoms with Crippen molar-refractivity contribution in [2.75, 3.05) is 0 Å². The Balaban J connectivity index is 2.75. The Hall–Kier alpha value is -0.790. The van der Waals surface area contributed by atoms with E-state index in [2.05, 4.69) is 20.8 Å². The van der Waals surface area contributed by atoms with Gasteiger partial charge in [0, 0.05) is 6.08 Å². The van der Waals surface area contributed by atoms with Crippen molar-refractivity contribution in [1.29, 1.82) is 0 Å². The largest absolute Gasteiger partial charge is 0.478 e. The topological polar surface area (TPSA) is 37.3 Å².